The van der Waals surface area contributed by atoms with Crippen molar-refractivity contribution in [2.45, 2.75) is 32.4 Å². The van der Waals surface area contributed by atoms with Gasteiger partial charge in [0, 0.05) is 22.7 Å². The minimum absolute atomic E-state index is 0. The maximum Gasteiger partial charge on any atom is 0.244 e. The van der Waals surface area contributed by atoms with Crippen LogP contribution in [0.25, 0.3) is 6.08 Å². The van der Waals surface area contributed by atoms with E-state index >= 15 is 0 Å². The summed E-state index contributed by atoms with van der Waals surface area (Å²) in [5, 5.41) is 2.95. The van der Waals surface area contributed by atoms with Gasteiger partial charge in [-0.15, -0.1) is 0 Å². The van der Waals surface area contributed by atoms with E-state index in [1.165, 1.54) is 37.9 Å². The van der Waals surface area contributed by atoms with E-state index in [4.69, 9.17) is 0 Å². The van der Waals surface area contributed by atoms with Gasteiger partial charge >= 0.3 is 0 Å². The quantitative estimate of drug-likeness (QED) is 0.515. The molecule has 150 valence electrons. The smallest absolute Gasteiger partial charge is 0.244 e. The number of hydrogen-bond donors (Lipinski definition) is 1. The van der Waals surface area contributed by atoms with Crippen molar-refractivity contribution in [2.24, 2.45) is 0 Å². The van der Waals surface area contributed by atoms with E-state index in [0.717, 1.165) is 26.6 Å². The van der Waals surface area contributed by atoms with Crippen LogP contribution in [-0.2, 0) is 17.9 Å². The van der Waals surface area contributed by atoms with Crippen molar-refractivity contribution in [3.05, 3.63) is 75.8 Å². The van der Waals surface area contributed by atoms with Crippen LogP contribution in [0.15, 0.2) is 59.1 Å². The number of benzene rings is 2. The van der Waals surface area contributed by atoms with Crippen LogP contribution >= 0.6 is 15.9 Å². The molecular formula is C23H28BrClN2O. The van der Waals surface area contributed by atoms with Crippen molar-refractivity contribution in [2.75, 3.05) is 20.1 Å². The Labute approximate surface area is 183 Å². The molecule has 0 unspecified atom stereocenters. The maximum atomic E-state index is 12.0. The largest absolute Gasteiger partial charge is 1.00 e. The first-order valence-corrected chi connectivity index (χ1v) is 10.4. The number of likely N-dealkylation sites (tertiary alicyclic amines) is 1. The summed E-state index contributed by atoms with van der Waals surface area (Å²) in [5.41, 5.74) is 3.51. The number of piperidine rings is 1. The highest BCUT2D eigenvalue weighted by atomic mass is 79.9. The van der Waals surface area contributed by atoms with Gasteiger partial charge in [-0.2, -0.15) is 0 Å². The van der Waals surface area contributed by atoms with E-state index in [2.05, 4.69) is 52.6 Å². The van der Waals surface area contributed by atoms with Gasteiger partial charge in [-0.25, -0.2) is 0 Å². The van der Waals surface area contributed by atoms with Gasteiger partial charge in [-0.1, -0.05) is 52.3 Å². The lowest BCUT2D eigenvalue weighted by Gasteiger charge is -2.37. The van der Waals surface area contributed by atoms with E-state index in [9.17, 15) is 4.79 Å². The number of hydrogen-bond acceptors (Lipinski definition) is 1. The van der Waals surface area contributed by atoms with Crippen LogP contribution in [-0.4, -0.2) is 30.5 Å². The molecule has 0 spiro atoms. The molecule has 2 aromatic rings. The summed E-state index contributed by atoms with van der Waals surface area (Å²) in [7, 11) is 2.37. The lowest BCUT2D eigenvalue weighted by atomic mass is 10.1. The molecule has 3 rings (SSSR count). The van der Waals surface area contributed by atoms with Crippen molar-refractivity contribution in [3.8, 4) is 0 Å². The number of quaternary nitrogens is 1. The van der Waals surface area contributed by atoms with Crippen molar-refractivity contribution >= 4 is 27.9 Å². The van der Waals surface area contributed by atoms with E-state index in [1.807, 2.05) is 30.3 Å². The van der Waals surface area contributed by atoms with Gasteiger partial charge in [0.1, 0.15) is 6.54 Å². The van der Waals surface area contributed by atoms with Crippen molar-refractivity contribution < 1.29 is 21.7 Å². The number of nitrogens with zero attached hydrogens (tertiary/aromatic N) is 1. The van der Waals surface area contributed by atoms with E-state index in [-0.39, 0.29) is 18.3 Å². The summed E-state index contributed by atoms with van der Waals surface area (Å²) in [6, 6.07) is 16.5. The molecule has 1 amide bonds. The molecule has 1 N–H and O–H groups in total. The molecule has 0 bridgehead atoms. The zero-order chi connectivity index (χ0) is 19.1. The van der Waals surface area contributed by atoms with E-state index in [1.54, 1.807) is 6.08 Å². The Balaban J connectivity index is 0.00000280. The third-order valence-electron chi connectivity index (χ3n) is 5.23. The molecule has 1 fully saturated rings. The van der Waals surface area contributed by atoms with Crippen LogP contribution in [0, 0.1) is 0 Å². The Morgan fingerprint density at radius 1 is 1.07 bits per heavy atom. The molecule has 2 aromatic carbocycles. The number of rotatable bonds is 6. The van der Waals surface area contributed by atoms with Crippen LogP contribution < -0.4 is 17.7 Å². The minimum Gasteiger partial charge on any atom is -1.00 e. The number of carbonyl (C=O) groups excluding carboxylic acids is 1. The normalized spacial score (nSPS) is 15.8. The zero-order valence-corrected chi connectivity index (χ0v) is 18.7. The number of amides is 1. The molecule has 3 nitrogen and oxygen atoms in total. The third-order valence-corrected chi connectivity index (χ3v) is 5.72. The summed E-state index contributed by atoms with van der Waals surface area (Å²) in [4.78, 5) is 12.0. The fourth-order valence-corrected chi connectivity index (χ4v) is 4.08. The first-order chi connectivity index (χ1) is 13.0. The Hall–Kier alpha value is -1.62. The molecule has 0 radical (unpaired) electrons. The number of nitrogens with one attached hydrogen (secondary N) is 1. The molecule has 5 heteroatoms. The SMILES string of the molecule is C[N+]1(Cc2ccc(CNC(=O)C=Cc3cccc(Br)c3)cc2)CCCCC1.[Cl-]. The second kappa shape index (κ2) is 10.8. The Kier molecular flexibility index (Phi) is 8.74. The maximum absolute atomic E-state index is 12.0. The van der Waals surface area contributed by atoms with E-state index in [0.29, 0.717) is 6.54 Å². The summed E-state index contributed by atoms with van der Waals surface area (Å²) in [6.45, 7) is 4.21. The molecule has 1 heterocycles. The standard InChI is InChI=1S/C23H27BrN2O.ClH/c1-26(14-3-2-4-15-26)18-21-10-8-20(9-11-21)17-25-23(27)13-12-19-6-5-7-22(24)16-19;/h5-13,16H,2-4,14-15,17-18H2,1H3;1H. The Morgan fingerprint density at radius 3 is 2.43 bits per heavy atom. The van der Waals surface area contributed by atoms with Crippen molar-refractivity contribution in [1.82, 2.24) is 5.32 Å². The highest BCUT2D eigenvalue weighted by Gasteiger charge is 2.24. The van der Waals surface area contributed by atoms with Crippen molar-refractivity contribution in [1.29, 1.82) is 0 Å². The van der Waals surface area contributed by atoms with Gasteiger partial charge in [-0.3, -0.25) is 4.79 Å². The molecule has 28 heavy (non-hydrogen) atoms. The first kappa shape index (κ1) is 22.7. The van der Waals surface area contributed by atoms with E-state index < -0.39 is 0 Å². The predicted molar refractivity (Wildman–Crippen MR) is 115 cm³/mol. The van der Waals surface area contributed by atoms with Gasteiger partial charge < -0.3 is 22.2 Å². The number of carbonyl (C=O) groups is 1. The molecule has 1 aliphatic rings. The second-order valence-electron chi connectivity index (χ2n) is 7.71. The Bertz CT molecular complexity index is 799. The summed E-state index contributed by atoms with van der Waals surface area (Å²) >= 11 is 3.44. The van der Waals surface area contributed by atoms with Gasteiger partial charge in [0.15, 0.2) is 0 Å². The third kappa shape index (κ3) is 7.08. The lowest BCUT2D eigenvalue weighted by Crippen LogP contribution is -3.00. The molecule has 0 aliphatic carbocycles. The van der Waals surface area contributed by atoms with Gasteiger partial charge in [0.25, 0.3) is 0 Å². The highest BCUT2D eigenvalue weighted by molar-refractivity contribution is 9.10. The monoisotopic (exact) mass is 462 g/mol. The number of halogens is 2. The van der Waals surface area contributed by atoms with Crippen LogP contribution in [0.2, 0.25) is 0 Å². The molecule has 1 aliphatic heterocycles. The second-order valence-corrected chi connectivity index (χ2v) is 8.62. The topological polar surface area (TPSA) is 29.1 Å². The summed E-state index contributed by atoms with van der Waals surface area (Å²) in [5.74, 6) is -0.0783. The first-order valence-electron chi connectivity index (χ1n) is 9.65. The summed E-state index contributed by atoms with van der Waals surface area (Å²) < 4.78 is 2.15. The van der Waals surface area contributed by atoms with Gasteiger partial charge in [0.2, 0.25) is 5.91 Å². The minimum atomic E-state index is -0.0783. The highest BCUT2D eigenvalue weighted by Crippen LogP contribution is 2.20. The fourth-order valence-electron chi connectivity index (χ4n) is 3.67. The zero-order valence-electron chi connectivity index (χ0n) is 16.3. The summed E-state index contributed by atoms with van der Waals surface area (Å²) in [6.07, 6.45) is 7.47. The average molecular weight is 464 g/mol. The predicted octanol–water partition coefficient (Wildman–Crippen LogP) is 1.91. The molecule has 0 atom stereocenters. The van der Waals surface area contributed by atoms with Crippen LogP contribution in [0.1, 0.15) is 36.0 Å². The van der Waals surface area contributed by atoms with Crippen molar-refractivity contribution in [3.63, 3.8) is 0 Å². The van der Waals surface area contributed by atoms with Crippen LogP contribution in [0.4, 0.5) is 0 Å². The fraction of sp³-hybridized carbons (Fsp3) is 0.348. The average Bonchev–Trinajstić information content (AvgIpc) is 2.66. The lowest BCUT2D eigenvalue weighted by molar-refractivity contribution is -0.926. The van der Waals surface area contributed by atoms with Crippen LogP contribution in [0.5, 0.6) is 0 Å². The van der Waals surface area contributed by atoms with Gasteiger partial charge in [0.05, 0.1) is 20.1 Å². The molecule has 0 aromatic heterocycles. The van der Waals surface area contributed by atoms with Crippen LogP contribution in [0.3, 0.4) is 0 Å². The molecule has 0 saturated carbocycles. The molecule has 1 saturated heterocycles. The van der Waals surface area contributed by atoms with Gasteiger partial charge in [-0.05, 0) is 48.6 Å². The molecular weight excluding hydrogens is 436 g/mol. The Morgan fingerprint density at radius 2 is 1.75 bits per heavy atom.